The summed E-state index contributed by atoms with van der Waals surface area (Å²) in [4.78, 5) is 30.9. The zero-order chi connectivity index (χ0) is 19.4. The minimum atomic E-state index is -0.518. The molecule has 144 valence electrons. The molecule has 28 heavy (non-hydrogen) atoms. The van der Waals surface area contributed by atoms with Gasteiger partial charge < -0.3 is 15.2 Å². The highest BCUT2D eigenvalue weighted by Gasteiger charge is 2.50. The molecule has 1 saturated heterocycles. The van der Waals surface area contributed by atoms with Gasteiger partial charge in [0.05, 0.1) is 5.41 Å². The van der Waals surface area contributed by atoms with Crippen LogP contribution in [0.1, 0.15) is 11.4 Å². The van der Waals surface area contributed by atoms with Crippen LogP contribution < -0.4 is 10.2 Å². The van der Waals surface area contributed by atoms with Gasteiger partial charge in [0.15, 0.2) is 0 Å². The Labute approximate surface area is 168 Å². The Balaban J connectivity index is 1.45. The third-order valence-corrected chi connectivity index (χ3v) is 5.21. The largest absolute Gasteiger partial charge is 0.355 e. The average Bonchev–Trinajstić information content (AvgIpc) is 3.20. The molecular weight excluding hydrogens is 376 g/mol. The zero-order valence-electron chi connectivity index (χ0n) is 15.3. The SMILES string of the molecule is O=C(NCCc1ncc[nH]1)C1(Cc2ccc(Cl)cc2)CN(c2ncccn2)C1. The number of carbonyl (C=O) groups is 1. The number of anilines is 1. The maximum Gasteiger partial charge on any atom is 0.230 e. The quantitative estimate of drug-likeness (QED) is 0.639. The molecule has 2 N–H and O–H groups in total. The highest BCUT2D eigenvalue weighted by Crippen LogP contribution is 2.36. The van der Waals surface area contributed by atoms with E-state index in [0.29, 0.717) is 43.4 Å². The van der Waals surface area contributed by atoms with Gasteiger partial charge in [-0.15, -0.1) is 0 Å². The number of aromatic nitrogens is 4. The van der Waals surface area contributed by atoms with Crippen molar-refractivity contribution in [2.75, 3.05) is 24.5 Å². The van der Waals surface area contributed by atoms with Crippen LogP contribution in [0.3, 0.4) is 0 Å². The fourth-order valence-electron chi connectivity index (χ4n) is 3.53. The Hall–Kier alpha value is -2.93. The van der Waals surface area contributed by atoms with Gasteiger partial charge in [0.25, 0.3) is 0 Å². The average molecular weight is 397 g/mol. The molecule has 0 saturated carbocycles. The van der Waals surface area contributed by atoms with E-state index in [-0.39, 0.29) is 5.91 Å². The molecule has 0 atom stereocenters. The van der Waals surface area contributed by atoms with Crippen molar-refractivity contribution in [3.05, 3.63) is 71.5 Å². The predicted molar refractivity (Wildman–Crippen MR) is 107 cm³/mol. The first-order chi connectivity index (χ1) is 13.6. The van der Waals surface area contributed by atoms with Gasteiger partial charge in [0, 0.05) is 55.9 Å². The molecule has 0 aliphatic carbocycles. The molecule has 1 aliphatic heterocycles. The second-order valence-corrected chi connectivity index (χ2v) is 7.47. The highest BCUT2D eigenvalue weighted by molar-refractivity contribution is 6.30. The number of H-pyrrole nitrogens is 1. The lowest BCUT2D eigenvalue weighted by atomic mass is 9.74. The number of hydrogen-bond acceptors (Lipinski definition) is 5. The number of carbonyl (C=O) groups excluding carboxylic acids is 1. The van der Waals surface area contributed by atoms with Crippen molar-refractivity contribution in [2.45, 2.75) is 12.8 Å². The highest BCUT2D eigenvalue weighted by atomic mass is 35.5. The standard InChI is InChI=1S/C20H21ClN6O/c21-16-4-2-15(3-5-16)12-20(13-27(14-20)19-25-7-1-8-26-19)18(28)24-9-6-17-22-10-11-23-17/h1-5,7-8,10-11H,6,9,12-14H2,(H,22,23)(H,24,28). The van der Waals surface area contributed by atoms with Crippen LogP contribution in [0.25, 0.3) is 0 Å². The summed E-state index contributed by atoms with van der Waals surface area (Å²) in [6.07, 6.45) is 8.23. The van der Waals surface area contributed by atoms with Crippen LogP contribution in [-0.4, -0.2) is 45.5 Å². The van der Waals surface area contributed by atoms with Crippen molar-refractivity contribution in [1.82, 2.24) is 25.3 Å². The van der Waals surface area contributed by atoms with Crippen LogP contribution >= 0.6 is 11.6 Å². The zero-order valence-corrected chi connectivity index (χ0v) is 16.1. The molecule has 8 heteroatoms. The van der Waals surface area contributed by atoms with Crippen molar-refractivity contribution < 1.29 is 4.79 Å². The number of nitrogens with one attached hydrogen (secondary N) is 2. The summed E-state index contributed by atoms with van der Waals surface area (Å²) in [6.45, 7) is 1.69. The Bertz CT molecular complexity index is 908. The van der Waals surface area contributed by atoms with Crippen LogP contribution in [0.4, 0.5) is 5.95 Å². The topological polar surface area (TPSA) is 86.8 Å². The maximum atomic E-state index is 13.1. The Morgan fingerprint density at radius 2 is 1.89 bits per heavy atom. The number of imidazole rings is 1. The van der Waals surface area contributed by atoms with Crippen LogP contribution in [0, 0.1) is 5.41 Å². The number of amides is 1. The van der Waals surface area contributed by atoms with Gasteiger partial charge in [0.2, 0.25) is 11.9 Å². The van der Waals surface area contributed by atoms with E-state index < -0.39 is 5.41 Å². The van der Waals surface area contributed by atoms with E-state index in [4.69, 9.17) is 11.6 Å². The fraction of sp³-hybridized carbons (Fsp3) is 0.300. The molecule has 2 aromatic heterocycles. The molecule has 1 amide bonds. The second kappa shape index (κ2) is 7.98. The molecule has 1 aliphatic rings. The third-order valence-electron chi connectivity index (χ3n) is 4.96. The lowest BCUT2D eigenvalue weighted by Crippen LogP contribution is -2.65. The maximum absolute atomic E-state index is 13.1. The molecule has 4 rings (SSSR count). The number of nitrogens with zero attached hydrogens (tertiary/aromatic N) is 4. The van der Waals surface area contributed by atoms with E-state index in [1.807, 2.05) is 29.2 Å². The lowest BCUT2D eigenvalue weighted by Gasteiger charge is -2.49. The normalized spacial score (nSPS) is 15.1. The summed E-state index contributed by atoms with van der Waals surface area (Å²) in [6, 6.07) is 9.45. The fourth-order valence-corrected chi connectivity index (χ4v) is 3.65. The third kappa shape index (κ3) is 3.99. The summed E-state index contributed by atoms with van der Waals surface area (Å²) in [5.41, 5.74) is 0.565. The van der Waals surface area contributed by atoms with Crippen molar-refractivity contribution >= 4 is 23.5 Å². The second-order valence-electron chi connectivity index (χ2n) is 7.03. The number of hydrogen-bond donors (Lipinski definition) is 2. The van der Waals surface area contributed by atoms with Gasteiger partial charge in [-0.05, 0) is 30.2 Å². The monoisotopic (exact) mass is 396 g/mol. The van der Waals surface area contributed by atoms with E-state index in [2.05, 4.69) is 25.3 Å². The van der Waals surface area contributed by atoms with Gasteiger partial charge in [-0.1, -0.05) is 23.7 Å². The molecule has 1 fully saturated rings. The van der Waals surface area contributed by atoms with Crippen molar-refractivity contribution in [1.29, 1.82) is 0 Å². The molecule has 0 unspecified atom stereocenters. The predicted octanol–water partition coefficient (Wildman–Crippen LogP) is 2.26. The van der Waals surface area contributed by atoms with Crippen LogP contribution in [0.5, 0.6) is 0 Å². The summed E-state index contributed by atoms with van der Waals surface area (Å²) >= 11 is 6.00. The lowest BCUT2D eigenvalue weighted by molar-refractivity contribution is -0.132. The van der Waals surface area contributed by atoms with E-state index in [1.54, 1.807) is 30.9 Å². The first-order valence-corrected chi connectivity index (χ1v) is 9.55. The summed E-state index contributed by atoms with van der Waals surface area (Å²) in [7, 11) is 0. The molecule has 3 heterocycles. The molecule has 7 nitrogen and oxygen atoms in total. The van der Waals surface area contributed by atoms with Gasteiger partial charge in [0.1, 0.15) is 5.82 Å². The van der Waals surface area contributed by atoms with Gasteiger partial charge in [-0.25, -0.2) is 15.0 Å². The van der Waals surface area contributed by atoms with E-state index in [9.17, 15) is 4.79 Å². The number of halogens is 1. The number of rotatable bonds is 7. The first kappa shape index (κ1) is 18.4. The summed E-state index contributed by atoms with van der Waals surface area (Å²) < 4.78 is 0. The van der Waals surface area contributed by atoms with Crippen LogP contribution in [-0.2, 0) is 17.6 Å². The minimum absolute atomic E-state index is 0.0428. The van der Waals surface area contributed by atoms with Gasteiger partial charge >= 0.3 is 0 Å². The molecule has 0 bridgehead atoms. The first-order valence-electron chi connectivity index (χ1n) is 9.18. The molecule has 0 radical (unpaired) electrons. The smallest absolute Gasteiger partial charge is 0.230 e. The van der Waals surface area contributed by atoms with E-state index in [1.165, 1.54) is 0 Å². The summed E-state index contributed by atoms with van der Waals surface area (Å²) in [5.74, 6) is 1.55. The van der Waals surface area contributed by atoms with Crippen molar-refractivity contribution in [2.24, 2.45) is 5.41 Å². The molecule has 0 spiro atoms. The van der Waals surface area contributed by atoms with Gasteiger partial charge in [-0.2, -0.15) is 0 Å². The Morgan fingerprint density at radius 3 is 2.57 bits per heavy atom. The number of benzene rings is 1. The van der Waals surface area contributed by atoms with Crippen LogP contribution in [0.15, 0.2) is 55.1 Å². The van der Waals surface area contributed by atoms with Crippen molar-refractivity contribution in [3.63, 3.8) is 0 Å². The van der Waals surface area contributed by atoms with Gasteiger partial charge in [-0.3, -0.25) is 4.79 Å². The molecular formula is C20H21ClN6O. The Kier molecular flexibility index (Phi) is 5.25. The van der Waals surface area contributed by atoms with E-state index >= 15 is 0 Å². The molecule has 1 aromatic carbocycles. The minimum Gasteiger partial charge on any atom is -0.355 e. The van der Waals surface area contributed by atoms with Crippen molar-refractivity contribution in [3.8, 4) is 0 Å². The van der Waals surface area contributed by atoms with Crippen LogP contribution in [0.2, 0.25) is 5.02 Å². The molecule has 3 aromatic rings. The Morgan fingerprint density at radius 1 is 1.14 bits per heavy atom. The number of aromatic amines is 1. The summed E-state index contributed by atoms with van der Waals surface area (Å²) in [5, 5.41) is 3.76. The van der Waals surface area contributed by atoms with E-state index in [0.717, 1.165) is 11.4 Å².